The van der Waals surface area contributed by atoms with Crippen LogP contribution in [0.5, 0.6) is 5.75 Å². The summed E-state index contributed by atoms with van der Waals surface area (Å²) in [7, 11) is -3.80. The molecule has 0 amide bonds. The van der Waals surface area contributed by atoms with Crippen LogP contribution in [0.4, 0.5) is 11.5 Å². The van der Waals surface area contributed by atoms with Gasteiger partial charge in [-0.15, -0.1) is 10.2 Å². The molecule has 0 bridgehead atoms. The molecular weight excluding hydrogens is 316 g/mol. The van der Waals surface area contributed by atoms with Crippen molar-refractivity contribution in [1.82, 2.24) is 4.98 Å². The first-order valence-electron chi connectivity index (χ1n) is 6.56. The fourth-order valence-corrected chi connectivity index (χ4v) is 2.60. The van der Waals surface area contributed by atoms with Gasteiger partial charge in [-0.2, -0.15) is 0 Å². The van der Waals surface area contributed by atoms with Crippen molar-refractivity contribution in [3.63, 3.8) is 0 Å². The lowest BCUT2D eigenvalue weighted by Gasteiger charge is -2.05. The highest BCUT2D eigenvalue weighted by atomic mass is 32.2. The number of rotatable bonds is 3. The highest BCUT2D eigenvalue weighted by Crippen LogP contribution is 2.36. The number of hydrogen-bond donors (Lipinski definition) is 2. The molecule has 0 unspecified atom stereocenters. The third-order valence-electron chi connectivity index (χ3n) is 3.18. The second-order valence-corrected chi connectivity index (χ2v) is 6.31. The Kier molecular flexibility index (Phi) is 3.77. The average Bonchev–Trinajstić information content (AvgIpc) is 2.54. The minimum Gasteiger partial charge on any atom is -0.505 e. The zero-order valence-electron chi connectivity index (χ0n) is 11.8. The summed E-state index contributed by atoms with van der Waals surface area (Å²) in [4.78, 5) is 3.98. The summed E-state index contributed by atoms with van der Waals surface area (Å²) in [5.74, 6) is 0.319. The zero-order valence-corrected chi connectivity index (χ0v) is 12.6. The van der Waals surface area contributed by atoms with Crippen LogP contribution in [-0.4, -0.2) is 18.5 Å². The van der Waals surface area contributed by atoms with Crippen molar-refractivity contribution in [3.8, 4) is 5.75 Å². The highest BCUT2D eigenvalue weighted by molar-refractivity contribution is 7.89. The number of hydrogen-bond acceptors (Lipinski definition) is 6. The van der Waals surface area contributed by atoms with E-state index in [4.69, 9.17) is 5.14 Å². The summed E-state index contributed by atoms with van der Waals surface area (Å²) in [5.41, 5.74) is 0.256. The van der Waals surface area contributed by atoms with Gasteiger partial charge in [0.05, 0.1) is 4.90 Å². The van der Waals surface area contributed by atoms with Gasteiger partial charge in [0, 0.05) is 11.6 Å². The zero-order chi connectivity index (χ0) is 16.4. The number of nitrogens with zero attached hydrogens (tertiary/aromatic N) is 3. The normalized spacial score (nSPS) is 12.0. The monoisotopic (exact) mass is 328 g/mol. The van der Waals surface area contributed by atoms with Crippen LogP contribution in [0.15, 0.2) is 69.9 Å². The molecule has 0 saturated carbocycles. The lowest BCUT2D eigenvalue weighted by Crippen LogP contribution is -2.11. The maximum Gasteiger partial charge on any atom is 0.238 e. The number of fused-ring (bicyclic) bond motifs is 1. The van der Waals surface area contributed by atoms with Crippen molar-refractivity contribution in [2.24, 2.45) is 15.4 Å². The van der Waals surface area contributed by atoms with Crippen molar-refractivity contribution < 1.29 is 13.5 Å². The third kappa shape index (κ3) is 3.17. The van der Waals surface area contributed by atoms with Gasteiger partial charge < -0.3 is 5.11 Å². The molecule has 116 valence electrons. The molecule has 3 aromatic rings. The molecule has 7 nitrogen and oxygen atoms in total. The van der Waals surface area contributed by atoms with Gasteiger partial charge in [0.15, 0.2) is 11.6 Å². The van der Waals surface area contributed by atoms with Crippen LogP contribution in [0, 0.1) is 0 Å². The summed E-state index contributed by atoms with van der Waals surface area (Å²) in [6, 6.07) is 12.6. The van der Waals surface area contributed by atoms with Crippen LogP contribution in [0.25, 0.3) is 10.8 Å². The Balaban J connectivity index is 2.04. The lowest BCUT2D eigenvalue weighted by molar-refractivity contribution is 0.482. The standard InChI is InChI=1S/C15H12N4O3S/c16-23(21,22)11-5-6-12-10(9-11)4-7-13(15(12)20)18-19-14-3-1-2-8-17-14/h1-9,20H,(H2,16,21,22). The summed E-state index contributed by atoms with van der Waals surface area (Å²) in [5, 5.41) is 24.3. The second kappa shape index (κ2) is 5.75. The molecule has 0 spiro atoms. The first-order valence-corrected chi connectivity index (χ1v) is 8.11. The van der Waals surface area contributed by atoms with Crippen molar-refractivity contribution in [3.05, 3.63) is 54.7 Å². The fraction of sp³-hybridized carbons (Fsp3) is 0. The summed E-state index contributed by atoms with van der Waals surface area (Å²) < 4.78 is 22.7. The molecular formula is C15H12N4O3S. The number of sulfonamides is 1. The van der Waals surface area contributed by atoms with Gasteiger partial charge in [0.1, 0.15) is 5.69 Å². The molecule has 2 aromatic carbocycles. The SMILES string of the molecule is NS(=O)(=O)c1ccc2c(O)c(N=Nc3ccccn3)ccc2c1. The first-order chi connectivity index (χ1) is 10.9. The Morgan fingerprint density at radius 1 is 1.04 bits per heavy atom. The number of aromatic hydroxyl groups is 1. The van der Waals surface area contributed by atoms with Gasteiger partial charge in [0.2, 0.25) is 10.0 Å². The van der Waals surface area contributed by atoms with E-state index in [1.54, 1.807) is 30.5 Å². The van der Waals surface area contributed by atoms with Gasteiger partial charge in [-0.1, -0.05) is 12.1 Å². The van der Waals surface area contributed by atoms with Gasteiger partial charge in [-0.25, -0.2) is 18.5 Å². The van der Waals surface area contributed by atoms with E-state index in [-0.39, 0.29) is 16.3 Å². The maximum absolute atomic E-state index is 11.4. The molecule has 3 rings (SSSR count). The minimum absolute atomic E-state index is 0.0211. The van der Waals surface area contributed by atoms with E-state index in [0.717, 1.165) is 0 Å². The van der Waals surface area contributed by atoms with E-state index >= 15 is 0 Å². The number of phenols is 1. The Morgan fingerprint density at radius 2 is 1.87 bits per heavy atom. The minimum atomic E-state index is -3.80. The molecule has 3 N–H and O–H groups in total. The molecule has 0 fully saturated rings. The quantitative estimate of drug-likeness (QED) is 0.718. The van der Waals surface area contributed by atoms with Crippen LogP contribution in [0.1, 0.15) is 0 Å². The molecule has 0 aliphatic rings. The molecule has 1 heterocycles. The van der Waals surface area contributed by atoms with E-state index < -0.39 is 10.0 Å². The Hall–Kier alpha value is -2.84. The predicted molar refractivity (Wildman–Crippen MR) is 85.4 cm³/mol. The largest absolute Gasteiger partial charge is 0.505 e. The Bertz CT molecular complexity index is 1000. The van der Waals surface area contributed by atoms with Crippen LogP contribution >= 0.6 is 0 Å². The van der Waals surface area contributed by atoms with Crippen molar-refractivity contribution in [1.29, 1.82) is 0 Å². The molecule has 0 aliphatic carbocycles. The molecule has 0 aliphatic heterocycles. The van der Waals surface area contributed by atoms with Gasteiger partial charge in [0.25, 0.3) is 0 Å². The number of nitrogens with two attached hydrogens (primary N) is 1. The van der Waals surface area contributed by atoms with E-state index in [1.807, 2.05) is 0 Å². The second-order valence-electron chi connectivity index (χ2n) is 4.75. The van der Waals surface area contributed by atoms with Crippen LogP contribution < -0.4 is 5.14 Å². The van der Waals surface area contributed by atoms with Crippen LogP contribution in [-0.2, 0) is 10.0 Å². The fourth-order valence-electron chi connectivity index (χ4n) is 2.06. The molecule has 1 aromatic heterocycles. The number of pyridine rings is 1. The molecule has 8 heteroatoms. The molecule has 0 saturated heterocycles. The summed E-state index contributed by atoms with van der Waals surface area (Å²) in [6.45, 7) is 0. The number of phenolic OH excluding ortho intramolecular Hbond substituents is 1. The Labute approximate surface area is 132 Å². The summed E-state index contributed by atoms with van der Waals surface area (Å²) >= 11 is 0. The third-order valence-corrected chi connectivity index (χ3v) is 4.09. The van der Waals surface area contributed by atoms with Gasteiger partial charge in [-0.05, 0) is 41.8 Å². The Morgan fingerprint density at radius 3 is 2.57 bits per heavy atom. The van der Waals surface area contributed by atoms with Crippen molar-refractivity contribution >= 4 is 32.3 Å². The number of benzene rings is 2. The van der Waals surface area contributed by atoms with Gasteiger partial charge >= 0.3 is 0 Å². The van der Waals surface area contributed by atoms with E-state index in [9.17, 15) is 13.5 Å². The van der Waals surface area contributed by atoms with Crippen LogP contribution in [0.3, 0.4) is 0 Å². The van der Waals surface area contributed by atoms with Crippen molar-refractivity contribution in [2.75, 3.05) is 0 Å². The summed E-state index contributed by atoms with van der Waals surface area (Å²) in [6.07, 6.45) is 1.59. The maximum atomic E-state index is 11.4. The van der Waals surface area contributed by atoms with Crippen molar-refractivity contribution in [2.45, 2.75) is 4.90 Å². The number of aromatic nitrogens is 1. The average molecular weight is 328 g/mol. The van der Waals surface area contributed by atoms with Crippen LogP contribution in [0.2, 0.25) is 0 Å². The van der Waals surface area contributed by atoms with E-state index in [1.165, 1.54) is 24.3 Å². The lowest BCUT2D eigenvalue weighted by atomic mass is 10.1. The van der Waals surface area contributed by atoms with Gasteiger partial charge in [-0.3, -0.25) is 0 Å². The predicted octanol–water partition coefficient (Wildman–Crippen LogP) is 3.00. The smallest absolute Gasteiger partial charge is 0.238 e. The topological polar surface area (TPSA) is 118 Å². The van der Waals surface area contributed by atoms with E-state index in [0.29, 0.717) is 16.6 Å². The highest BCUT2D eigenvalue weighted by Gasteiger charge is 2.11. The van der Waals surface area contributed by atoms with E-state index in [2.05, 4.69) is 15.2 Å². The first kappa shape index (κ1) is 15.1. The number of primary sulfonamides is 1. The molecule has 0 radical (unpaired) electrons. The molecule has 23 heavy (non-hydrogen) atoms. The molecule has 0 atom stereocenters. The number of azo groups is 1.